The zero-order valence-electron chi connectivity index (χ0n) is 12.2. The highest BCUT2D eigenvalue weighted by Gasteiger charge is 2.33. The maximum Gasteiger partial charge on any atom is 0.218 e. The molecule has 6 heteroatoms. The second-order valence-corrected chi connectivity index (χ2v) is 9.38. The Labute approximate surface area is 136 Å². The molecule has 1 atom stereocenters. The first-order valence-corrected chi connectivity index (χ1v) is 11.1. The minimum absolute atomic E-state index is 0.197. The van der Waals surface area contributed by atoms with Crippen molar-refractivity contribution in [3.05, 3.63) is 21.7 Å². The number of fused-ring (bicyclic) bond motifs is 1. The number of thioether (sulfide) groups is 2. The molecule has 0 amide bonds. The summed E-state index contributed by atoms with van der Waals surface area (Å²) in [5, 5.41) is 13.9. The van der Waals surface area contributed by atoms with Crippen LogP contribution in [-0.2, 0) is 4.79 Å². The van der Waals surface area contributed by atoms with Gasteiger partial charge in [0.25, 0.3) is 0 Å². The van der Waals surface area contributed by atoms with E-state index in [1.807, 2.05) is 6.26 Å². The molecule has 0 saturated heterocycles. The molecule has 0 aromatic carbocycles. The Bertz CT molecular complexity index is 563. The van der Waals surface area contributed by atoms with Crippen LogP contribution in [0.2, 0.25) is 0 Å². The van der Waals surface area contributed by atoms with Crippen LogP contribution < -0.4 is 5.32 Å². The summed E-state index contributed by atoms with van der Waals surface area (Å²) >= 11 is 3.49. The van der Waals surface area contributed by atoms with Gasteiger partial charge in [0.05, 0.1) is 22.2 Å². The predicted molar refractivity (Wildman–Crippen MR) is 96.1 cm³/mol. The summed E-state index contributed by atoms with van der Waals surface area (Å²) in [5.74, 6) is 2.59. The van der Waals surface area contributed by atoms with Crippen LogP contribution in [0.15, 0.2) is 21.7 Å². The number of aliphatic hydroxyl groups excluding tert-OH is 1. The highest BCUT2D eigenvalue weighted by atomic mass is 32.2. The molecule has 0 bridgehead atoms. The van der Waals surface area contributed by atoms with Gasteiger partial charge in [-0.2, -0.15) is 11.8 Å². The monoisotopic (exact) mass is 343 g/mol. The average molecular weight is 344 g/mol. The zero-order valence-corrected chi connectivity index (χ0v) is 14.7. The van der Waals surface area contributed by atoms with E-state index in [9.17, 15) is 4.79 Å². The van der Waals surface area contributed by atoms with Crippen molar-refractivity contribution in [2.45, 2.75) is 25.7 Å². The third-order valence-corrected chi connectivity index (χ3v) is 8.06. The molecule has 1 unspecified atom stereocenters. The van der Waals surface area contributed by atoms with Gasteiger partial charge in [0.15, 0.2) is 0 Å². The first-order chi connectivity index (χ1) is 10.2. The third-order valence-electron chi connectivity index (χ3n) is 4.08. The summed E-state index contributed by atoms with van der Waals surface area (Å²) < 4.78 is 0. The number of rotatable bonds is 4. The van der Waals surface area contributed by atoms with Crippen molar-refractivity contribution in [3.8, 4) is 0 Å². The molecule has 2 heterocycles. The molecule has 0 saturated carbocycles. The molecule has 0 aromatic rings. The maximum atomic E-state index is 12.8. The van der Waals surface area contributed by atoms with Crippen LogP contribution in [0, 0.1) is 0 Å². The van der Waals surface area contributed by atoms with E-state index in [2.05, 4.69) is 5.32 Å². The molecule has 0 spiro atoms. The van der Waals surface area contributed by atoms with Crippen LogP contribution >= 0.6 is 34.0 Å². The number of carbonyl (C=O) groups excluding carboxylic acids is 1. The van der Waals surface area contributed by atoms with Crippen molar-refractivity contribution >= 4 is 44.1 Å². The summed E-state index contributed by atoms with van der Waals surface area (Å²) in [7, 11) is -0.351. The molecule has 0 radical (unpaired) electrons. The highest BCUT2D eigenvalue weighted by molar-refractivity contribution is 8.29. The minimum atomic E-state index is -0.351. The molecule has 0 fully saturated rings. The van der Waals surface area contributed by atoms with Crippen LogP contribution in [0.25, 0.3) is 0 Å². The SMILES string of the molecule is CS1=C(CSCCO)NC2=C(C1=O)C1=C(CCCC1)CS2. The van der Waals surface area contributed by atoms with Crippen molar-refractivity contribution in [2.75, 3.05) is 30.1 Å². The Kier molecular flexibility index (Phi) is 5.19. The second-order valence-electron chi connectivity index (χ2n) is 5.40. The van der Waals surface area contributed by atoms with Gasteiger partial charge in [0.2, 0.25) is 5.12 Å². The van der Waals surface area contributed by atoms with Gasteiger partial charge in [-0.1, -0.05) is 16.1 Å². The maximum absolute atomic E-state index is 12.8. The Morgan fingerprint density at radius 1 is 1.38 bits per heavy atom. The molecule has 0 aromatic heterocycles. The lowest BCUT2D eigenvalue weighted by atomic mass is 9.88. The van der Waals surface area contributed by atoms with E-state index in [-0.39, 0.29) is 17.1 Å². The third kappa shape index (κ3) is 3.14. The Hall–Kier alpha value is -0.170. The van der Waals surface area contributed by atoms with E-state index < -0.39 is 0 Å². The number of carbonyl (C=O) groups is 1. The second kappa shape index (κ2) is 6.94. The van der Waals surface area contributed by atoms with E-state index >= 15 is 0 Å². The fraction of sp³-hybridized carbons (Fsp3) is 0.600. The topological polar surface area (TPSA) is 49.3 Å². The summed E-state index contributed by atoms with van der Waals surface area (Å²) in [5.41, 5.74) is 3.87. The normalized spacial score (nSPS) is 25.7. The standard InChI is InChI=1S/C15H21NO2S3/c1-21-12(9-19-7-6-17)16-14-13(15(21)18)11-5-3-2-4-10(11)8-20-14/h16-17H,2-9H2,1H3. The number of allylic oxidation sites excluding steroid dienone is 1. The lowest BCUT2D eigenvalue weighted by molar-refractivity contribution is -0.107. The predicted octanol–water partition coefficient (Wildman–Crippen LogP) is 2.70. The van der Waals surface area contributed by atoms with Crippen molar-refractivity contribution in [3.63, 3.8) is 0 Å². The van der Waals surface area contributed by atoms with Crippen molar-refractivity contribution in [1.82, 2.24) is 5.32 Å². The lowest BCUT2D eigenvalue weighted by Crippen LogP contribution is -2.34. The zero-order chi connectivity index (χ0) is 14.8. The van der Waals surface area contributed by atoms with Crippen molar-refractivity contribution in [2.24, 2.45) is 0 Å². The molecule has 116 valence electrons. The van der Waals surface area contributed by atoms with Crippen LogP contribution in [0.4, 0.5) is 0 Å². The summed E-state index contributed by atoms with van der Waals surface area (Å²) in [6, 6.07) is 0. The average Bonchev–Trinajstić information content (AvgIpc) is 2.51. The van der Waals surface area contributed by atoms with Gasteiger partial charge in [-0.25, -0.2) is 0 Å². The van der Waals surface area contributed by atoms with E-state index in [1.165, 1.54) is 30.4 Å². The molecule has 2 N–H and O–H groups in total. The number of nitrogens with one attached hydrogen (secondary N) is 1. The Morgan fingerprint density at radius 2 is 2.19 bits per heavy atom. The fourth-order valence-electron chi connectivity index (χ4n) is 2.93. The molecule has 3 rings (SSSR count). The van der Waals surface area contributed by atoms with Gasteiger partial charge in [0, 0.05) is 17.3 Å². The molecule has 21 heavy (non-hydrogen) atoms. The van der Waals surface area contributed by atoms with E-state index in [4.69, 9.17) is 5.11 Å². The minimum Gasteiger partial charge on any atom is -0.396 e. The van der Waals surface area contributed by atoms with Crippen LogP contribution in [0.1, 0.15) is 25.7 Å². The number of aliphatic hydroxyl groups is 1. The van der Waals surface area contributed by atoms with Gasteiger partial charge < -0.3 is 10.4 Å². The lowest BCUT2D eigenvalue weighted by Gasteiger charge is -2.33. The largest absolute Gasteiger partial charge is 0.396 e. The number of hydrogen-bond donors (Lipinski definition) is 2. The first kappa shape index (κ1) is 15.7. The highest BCUT2D eigenvalue weighted by Crippen LogP contribution is 2.44. The smallest absolute Gasteiger partial charge is 0.218 e. The first-order valence-electron chi connectivity index (χ1n) is 7.32. The van der Waals surface area contributed by atoms with Crippen molar-refractivity contribution in [1.29, 1.82) is 0 Å². The summed E-state index contributed by atoms with van der Waals surface area (Å²) in [6.07, 6.45) is 6.78. The molecular formula is C15H21NO2S3. The number of hydrogen-bond acceptors (Lipinski definition) is 5. The van der Waals surface area contributed by atoms with Crippen LogP contribution in [-0.4, -0.2) is 45.3 Å². The van der Waals surface area contributed by atoms with Crippen LogP contribution in [0.5, 0.6) is 0 Å². The van der Waals surface area contributed by atoms with Gasteiger partial charge in [-0.05, 0) is 37.5 Å². The molecular weight excluding hydrogens is 322 g/mol. The molecule has 3 aliphatic rings. The van der Waals surface area contributed by atoms with E-state index in [1.54, 1.807) is 23.5 Å². The van der Waals surface area contributed by atoms with Crippen LogP contribution in [0.3, 0.4) is 0 Å². The summed E-state index contributed by atoms with van der Waals surface area (Å²) in [6.45, 7) is 0.197. The van der Waals surface area contributed by atoms with Gasteiger partial charge in [-0.15, -0.1) is 11.8 Å². The van der Waals surface area contributed by atoms with Gasteiger partial charge in [-0.3, -0.25) is 4.79 Å². The van der Waals surface area contributed by atoms with Gasteiger partial charge in [0.1, 0.15) is 0 Å². The fourth-order valence-corrected chi connectivity index (χ4v) is 6.75. The quantitative estimate of drug-likeness (QED) is 0.607. The van der Waals surface area contributed by atoms with Gasteiger partial charge >= 0.3 is 0 Å². The molecule has 2 aliphatic heterocycles. The Balaban J connectivity index is 1.84. The molecule has 1 aliphatic carbocycles. The molecule has 3 nitrogen and oxygen atoms in total. The summed E-state index contributed by atoms with van der Waals surface area (Å²) in [4.78, 5) is 14.0. The van der Waals surface area contributed by atoms with E-state index in [0.717, 1.165) is 39.3 Å². The van der Waals surface area contributed by atoms with Crippen molar-refractivity contribution < 1.29 is 9.90 Å². The Morgan fingerprint density at radius 3 is 3.00 bits per heavy atom. The van der Waals surface area contributed by atoms with E-state index in [0.29, 0.717) is 5.12 Å².